The molecule has 5 nitrogen and oxygen atoms in total. The van der Waals surface area contributed by atoms with Gasteiger partial charge >= 0.3 is 0 Å². The molecule has 1 heterocycles. The van der Waals surface area contributed by atoms with Crippen molar-refractivity contribution in [1.29, 1.82) is 0 Å². The van der Waals surface area contributed by atoms with Gasteiger partial charge in [-0.3, -0.25) is 4.79 Å². The fourth-order valence-corrected chi connectivity index (χ4v) is 3.09. The number of thiocarbonyl (C=S) groups is 1. The number of carbonyl (C=O) groups is 1. The van der Waals surface area contributed by atoms with Crippen LogP contribution in [0.1, 0.15) is 16.9 Å². The Morgan fingerprint density at radius 1 is 1.10 bits per heavy atom. The van der Waals surface area contributed by atoms with Crippen LogP contribution in [0.4, 0.5) is 0 Å². The van der Waals surface area contributed by atoms with E-state index in [0.717, 1.165) is 26.9 Å². The summed E-state index contributed by atoms with van der Waals surface area (Å²) in [6, 6.07) is 17.4. The number of hydrogen-bond acceptors (Lipinski definition) is 4. The highest BCUT2D eigenvalue weighted by Gasteiger charge is 2.09. The number of nitrogens with one attached hydrogen (secondary N) is 2. The molecule has 3 rings (SSSR count). The molecule has 2 N–H and O–H groups in total. The highest BCUT2D eigenvalue weighted by atomic mass is 79.9. The second-order valence-electron chi connectivity index (χ2n) is 6.49. The van der Waals surface area contributed by atoms with Crippen LogP contribution in [0.5, 0.6) is 5.75 Å². The fraction of sp³-hybridized carbons (Fsp3) is 0.182. The SMILES string of the molecule is Cc1cccc(OCC(=O)NC(=S)NCc2ccc(-c3ccc(Br)cc3)o2)c1C. The average molecular weight is 473 g/mol. The Hall–Kier alpha value is -2.64. The van der Waals surface area contributed by atoms with Crippen molar-refractivity contribution in [1.82, 2.24) is 10.6 Å². The maximum atomic E-state index is 12.1. The van der Waals surface area contributed by atoms with Crippen LogP contribution in [0.3, 0.4) is 0 Å². The van der Waals surface area contributed by atoms with Crippen molar-refractivity contribution in [2.24, 2.45) is 0 Å². The summed E-state index contributed by atoms with van der Waals surface area (Å²) < 4.78 is 12.4. The van der Waals surface area contributed by atoms with E-state index in [0.29, 0.717) is 18.1 Å². The van der Waals surface area contributed by atoms with Crippen LogP contribution < -0.4 is 15.4 Å². The topological polar surface area (TPSA) is 63.5 Å². The maximum Gasteiger partial charge on any atom is 0.264 e. The molecule has 0 spiro atoms. The highest BCUT2D eigenvalue weighted by Crippen LogP contribution is 2.24. The number of furan rings is 1. The quantitative estimate of drug-likeness (QED) is 0.499. The minimum Gasteiger partial charge on any atom is -0.483 e. The molecule has 1 amide bonds. The van der Waals surface area contributed by atoms with E-state index in [1.54, 1.807) is 0 Å². The van der Waals surface area contributed by atoms with Crippen LogP contribution in [0.2, 0.25) is 0 Å². The molecule has 3 aromatic rings. The van der Waals surface area contributed by atoms with Gasteiger partial charge in [0.2, 0.25) is 0 Å². The monoisotopic (exact) mass is 472 g/mol. The van der Waals surface area contributed by atoms with Crippen molar-refractivity contribution in [3.8, 4) is 17.1 Å². The van der Waals surface area contributed by atoms with Crippen LogP contribution in [-0.2, 0) is 11.3 Å². The van der Waals surface area contributed by atoms with E-state index in [1.165, 1.54) is 0 Å². The minimum atomic E-state index is -0.321. The molecule has 0 aliphatic rings. The molecular weight excluding hydrogens is 452 g/mol. The summed E-state index contributed by atoms with van der Waals surface area (Å²) in [5, 5.41) is 5.80. The van der Waals surface area contributed by atoms with Gasteiger partial charge in [-0.2, -0.15) is 0 Å². The average Bonchev–Trinajstić information content (AvgIpc) is 3.17. The normalized spacial score (nSPS) is 10.4. The van der Waals surface area contributed by atoms with Crippen molar-refractivity contribution in [2.45, 2.75) is 20.4 Å². The molecule has 0 aliphatic heterocycles. The first-order valence-corrected chi connectivity index (χ1v) is 10.2. The number of carbonyl (C=O) groups excluding carboxylic acids is 1. The Bertz CT molecular complexity index is 1020. The Morgan fingerprint density at radius 3 is 2.62 bits per heavy atom. The number of aryl methyl sites for hydroxylation is 1. The van der Waals surface area contributed by atoms with Gasteiger partial charge in [0, 0.05) is 10.0 Å². The van der Waals surface area contributed by atoms with E-state index in [9.17, 15) is 4.79 Å². The summed E-state index contributed by atoms with van der Waals surface area (Å²) >= 11 is 8.59. The molecule has 29 heavy (non-hydrogen) atoms. The van der Waals surface area contributed by atoms with Crippen LogP contribution in [0, 0.1) is 13.8 Å². The number of halogens is 1. The number of hydrogen-bond donors (Lipinski definition) is 2. The molecular formula is C22H21BrN2O3S. The lowest BCUT2D eigenvalue weighted by atomic mass is 10.1. The molecule has 2 aromatic carbocycles. The van der Waals surface area contributed by atoms with Crippen molar-refractivity contribution >= 4 is 39.2 Å². The zero-order valence-electron chi connectivity index (χ0n) is 16.1. The summed E-state index contributed by atoms with van der Waals surface area (Å²) in [4.78, 5) is 12.1. The summed E-state index contributed by atoms with van der Waals surface area (Å²) in [6.45, 7) is 4.22. The van der Waals surface area contributed by atoms with Gasteiger partial charge < -0.3 is 19.8 Å². The third kappa shape index (κ3) is 5.92. The zero-order chi connectivity index (χ0) is 20.8. The molecule has 0 saturated heterocycles. The fourth-order valence-electron chi connectivity index (χ4n) is 2.64. The lowest BCUT2D eigenvalue weighted by molar-refractivity contribution is -0.121. The number of rotatable bonds is 6. The molecule has 7 heteroatoms. The van der Waals surface area contributed by atoms with Gasteiger partial charge in [0.05, 0.1) is 6.54 Å². The molecule has 0 fully saturated rings. The van der Waals surface area contributed by atoms with Crippen molar-refractivity contribution in [3.63, 3.8) is 0 Å². The van der Waals surface area contributed by atoms with Crippen LogP contribution in [-0.4, -0.2) is 17.6 Å². The Morgan fingerprint density at radius 2 is 1.86 bits per heavy atom. The van der Waals surface area contributed by atoms with E-state index in [-0.39, 0.29) is 17.6 Å². The third-order valence-corrected chi connectivity index (χ3v) is 5.16. The predicted molar refractivity (Wildman–Crippen MR) is 121 cm³/mol. The van der Waals surface area contributed by atoms with Gasteiger partial charge in [0.15, 0.2) is 11.7 Å². The van der Waals surface area contributed by atoms with E-state index >= 15 is 0 Å². The summed E-state index contributed by atoms with van der Waals surface area (Å²) in [7, 11) is 0. The largest absolute Gasteiger partial charge is 0.483 e. The Balaban J connectivity index is 1.45. The first-order chi connectivity index (χ1) is 13.9. The van der Waals surface area contributed by atoms with Crippen molar-refractivity contribution in [3.05, 3.63) is 76.0 Å². The summed E-state index contributed by atoms with van der Waals surface area (Å²) in [5.74, 6) is 1.85. The van der Waals surface area contributed by atoms with E-state index in [4.69, 9.17) is 21.4 Å². The van der Waals surface area contributed by atoms with Gasteiger partial charge in [0.25, 0.3) is 5.91 Å². The molecule has 0 bridgehead atoms. The first kappa shape index (κ1) is 21.1. The molecule has 0 unspecified atom stereocenters. The number of amides is 1. The third-order valence-electron chi connectivity index (χ3n) is 4.38. The van der Waals surface area contributed by atoms with Crippen molar-refractivity contribution < 1.29 is 13.9 Å². The number of ether oxygens (including phenoxy) is 1. The van der Waals surface area contributed by atoms with Gasteiger partial charge in [-0.15, -0.1) is 0 Å². The molecule has 0 atom stereocenters. The lowest BCUT2D eigenvalue weighted by Crippen LogP contribution is -2.41. The minimum absolute atomic E-state index is 0.111. The summed E-state index contributed by atoms with van der Waals surface area (Å²) in [5.41, 5.74) is 3.11. The van der Waals surface area contributed by atoms with Crippen LogP contribution in [0.15, 0.2) is 63.5 Å². The smallest absolute Gasteiger partial charge is 0.264 e. The second kappa shape index (κ2) is 9.71. The number of benzene rings is 2. The van der Waals surface area contributed by atoms with E-state index < -0.39 is 0 Å². The van der Waals surface area contributed by atoms with Crippen LogP contribution >= 0.6 is 28.1 Å². The van der Waals surface area contributed by atoms with Gasteiger partial charge in [0.1, 0.15) is 17.3 Å². The Kier molecular flexibility index (Phi) is 7.06. The van der Waals surface area contributed by atoms with Gasteiger partial charge in [-0.05, 0) is 67.5 Å². The van der Waals surface area contributed by atoms with E-state index in [2.05, 4.69) is 26.6 Å². The van der Waals surface area contributed by atoms with Crippen LogP contribution in [0.25, 0.3) is 11.3 Å². The molecule has 0 aliphatic carbocycles. The van der Waals surface area contributed by atoms with Crippen molar-refractivity contribution in [2.75, 3.05) is 6.61 Å². The Labute approximate surface area is 183 Å². The molecule has 0 saturated carbocycles. The summed E-state index contributed by atoms with van der Waals surface area (Å²) in [6.07, 6.45) is 0. The second-order valence-corrected chi connectivity index (χ2v) is 7.81. The predicted octanol–water partition coefficient (Wildman–Crippen LogP) is 4.90. The highest BCUT2D eigenvalue weighted by molar-refractivity contribution is 9.10. The zero-order valence-corrected chi connectivity index (χ0v) is 18.5. The standard InChI is InChI=1S/C22H21BrN2O3S/c1-14-4-3-5-19(15(14)2)27-13-21(26)25-22(29)24-12-18-10-11-20(28-18)16-6-8-17(23)9-7-16/h3-11H,12-13H2,1-2H3,(H2,24,25,26,29). The molecule has 1 aromatic heterocycles. The molecule has 0 radical (unpaired) electrons. The van der Waals surface area contributed by atoms with Gasteiger partial charge in [-0.1, -0.05) is 40.2 Å². The maximum absolute atomic E-state index is 12.1. The van der Waals surface area contributed by atoms with E-state index in [1.807, 2.05) is 68.4 Å². The molecule has 150 valence electrons. The lowest BCUT2D eigenvalue weighted by Gasteiger charge is -2.12. The first-order valence-electron chi connectivity index (χ1n) is 9.04. The van der Waals surface area contributed by atoms with Gasteiger partial charge in [-0.25, -0.2) is 0 Å².